The summed E-state index contributed by atoms with van der Waals surface area (Å²) < 4.78 is 25.9. The average Bonchev–Trinajstić information content (AvgIpc) is 3.00. The van der Waals surface area contributed by atoms with Gasteiger partial charge in [0, 0.05) is 10.2 Å². The molecule has 2 N–H and O–H groups in total. The largest absolute Gasteiger partial charge is 0.326 e. The summed E-state index contributed by atoms with van der Waals surface area (Å²) in [6, 6.07) is 7.01. The van der Waals surface area contributed by atoms with E-state index in [1.54, 1.807) is 6.07 Å². The molecule has 0 radical (unpaired) electrons. The molecular formula is C16H11BrF2N2O2. The van der Waals surface area contributed by atoms with Gasteiger partial charge in [-0.1, -0.05) is 0 Å². The van der Waals surface area contributed by atoms with E-state index in [0.29, 0.717) is 22.1 Å². The second kappa shape index (κ2) is 6.08. The molecule has 2 aliphatic heterocycles. The molecule has 0 aliphatic carbocycles. The molecule has 2 aromatic carbocycles. The van der Waals surface area contributed by atoms with Crippen molar-refractivity contribution in [2.45, 2.75) is 12.8 Å². The molecular weight excluding hydrogens is 370 g/mol. The van der Waals surface area contributed by atoms with E-state index >= 15 is 0 Å². The highest BCUT2D eigenvalue weighted by Gasteiger charge is 2.20. The first-order valence-corrected chi connectivity index (χ1v) is 7.58. The van der Waals surface area contributed by atoms with Crippen LogP contribution in [-0.4, -0.2) is 11.8 Å². The monoisotopic (exact) mass is 380 g/mol. The summed E-state index contributed by atoms with van der Waals surface area (Å²) in [5.41, 5.74) is 2.89. The number of amides is 2. The van der Waals surface area contributed by atoms with Crippen molar-refractivity contribution in [3.63, 3.8) is 0 Å². The molecule has 0 unspecified atom stereocenters. The van der Waals surface area contributed by atoms with Crippen molar-refractivity contribution in [3.8, 4) is 0 Å². The first-order chi connectivity index (χ1) is 10.9. The quantitative estimate of drug-likeness (QED) is 0.735. The molecule has 0 fully saturated rings. The van der Waals surface area contributed by atoms with Crippen LogP contribution in [0, 0.1) is 11.6 Å². The summed E-state index contributed by atoms with van der Waals surface area (Å²) in [6.07, 6.45) is 0.568. The van der Waals surface area contributed by atoms with Gasteiger partial charge >= 0.3 is 0 Å². The van der Waals surface area contributed by atoms with E-state index in [0.717, 1.165) is 11.3 Å². The van der Waals surface area contributed by atoms with Gasteiger partial charge in [-0.25, -0.2) is 8.78 Å². The van der Waals surface area contributed by atoms with Crippen molar-refractivity contribution >= 4 is 39.1 Å². The van der Waals surface area contributed by atoms with Gasteiger partial charge in [0.05, 0.1) is 18.5 Å². The summed E-state index contributed by atoms with van der Waals surface area (Å²) in [7, 11) is 0. The minimum Gasteiger partial charge on any atom is -0.326 e. The normalized spacial score (nSPS) is 14.4. The summed E-state index contributed by atoms with van der Waals surface area (Å²) in [6.45, 7) is 0. The number of rotatable bonds is 0. The van der Waals surface area contributed by atoms with E-state index in [1.807, 2.05) is 0 Å². The Morgan fingerprint density at radius 2 is 1.52 bits per heavy atom. The smallest absolute Gasteiger partial charge is 0.228 e. The Balaban J connectivity index is 0.000000136. The number of benzene rings is 2. The minimum atomic E-state index is -0.322. The molecule has 4 nitrogen and oxygen atoms in total. The Morgan fingerprint density at radius 3 is 2.30 bits per heavy atom. The van der Waals surface area contributed by atoms with E-state index in [-0.39, 0.29) is 29.9 Å². The van der Waals surface area contributed by atoms with Gasteiger partial charge in [0.1, 0.15) is 11.6 Å². The van der Waals surface area contributed by atoms with Crippen LogP contribution >= 0.6 is 15.9 Å². The van der Waals surface area contributed by atoms with Gasteiger partial charge < -0.3 is 10.6 Å². The van der Waals surface area contributed by atoms with Crippen molar-refractivity contribution in [1.29, 1.82) is 0 Å². The van der Waals surface area contributed by atoms with Crippen LogP contribution in [0.5, 0.6) is 0 Å². The fraction of sp³-hybridized carbons (Fsp3) is 0.125. The highest BCUT2D eigenvalue weighted by molar-refractivity contribution is 9.10. The standard InChI is InChI=1S/C8H5BrFNO.C8H6FNO/c9-6-3-5(10)1-4-2-7(12)11-8(4)6;9-6-1-2-7-5(3-6)4-8(11)10-7/h1,3H,2H2,(H,11,12);1-3H,4H2,(H,10,11). The van der Waals surface area contributed by atoms with E-state index < -0.39 is 0 Å². The Labute approximate surface area is 139 Å². The number of hydrogen-bond acceptors (Lipinski definition) is 2. The molecule has 7 heteroatoms. The van der Waals surface area contributed by atoms with Crippen LogP contribution in [0.1, 0.15) is 11.1 Å². The Morgan fingerprint density at radius 1 is 0.870 bits per heavy atom. The zero-order chi connectivity index (χ0) is 16.6. The fourth-order valence-electron chi connectivity index (χ4n) is 2.46. The van der Waals surface area contributed by atoms with Crippen LogP contribution < -0.4 is 10.6 Å². The predicted molar refractivity (Wildman–Crippen MR) is 85.2 cm³/mol. The van der Waals surface area contributed by atoms with Gasteiger partial charge in [0.25, 0.3) is 0 Å². The molecule has 0 spiro atoms. The van der Waals surface area contributed by atoms with E-state index in [4.69, 9.17) is 0 Å². The van der Waals surface area contributed by atoms with Crippen molar-refractivity contribution in [2.24, 2.45) is 0 Å². The maximum absolute atomic E-state index is 12.8. The topological polar surface area (TPSA) is 58.2 Å². The second-order valence-electron chi connectivity index (χ2n) is 5.17. The lowest BCUT2D eigenvalue weighted by Gasteiger charge is -2.00. The summed E-state index contributed by atoms with van der Waals surface area (Å²) in [4.78, 5) is 21.7. The minimum absolute atomic E-state index is 0.0643. The van der Waals surface area contributed by atoms with Crippen LogP contribution in [0.4, 0.5) is 20.2 Å². The highest BCUT2D eigenvalue weighted by atomic mass is 79.9. The van der Waals surface area contributed by atoms with Gasteiger partial charge in [0.15, 0.2) is 0 Å². The SMILES string of the molecule is O=C1Cc2cc(F)cc(Br)c2N1.O=C1Cc2cc(F)ccc2N1. The Bertz CT molecular complexity index is 824. The van der Waals surface area contributed by atoms with Gasteiger partial charge in [-0.05, 0) is 57.4 Å². The number of fused-ring (bicyclic) bond motifs is 2. The van der Waals surface area contributed by atoms with Crippen molar-refractivity contribution in [1.82, 2.24) is 0 Å². The Hall–Kier alpha value is -2.28. The van der Waals surface area contributed by atoms with Crippen LogP contribution in [0.2, 0.25) is 0 Å². The van der Waals surface area contributed by atoms with Crippen LogP contribution in [0.15, 0.2) is 34.8 Å². The average molecular weight is 381 g/mol. The molecule has 2 heterocycles. The number of carbonyl (C=O) groups excluding carboxylic acids is 2. The molecule has 0 aromatic heterocycles. The number of hydrogen-bond donors (Lipinski definition) is 2. The van der Waals surface area contributed by atoms with E-state index in [9.17, 15) is 18.4 Å². The molecule has 0 saturated heterocycles. The first kappa shape index (κ1) is 15.6. The van der Waals surface area contributed by atoms with Crippen molar-refractivity contribution in [3.05, 3.63) is 57.6 Å². The lowest BCUT2D eigenvalue weighted by atomic mass is 10.2. The molecule has 23 heavy (non-hydrogen) atoms. The second-order valence-corrected chi connectivity index (χ2v) is 6.03. The molecule has 2 aromatic rings. The third kappa shape index (κ3) is 3.39. The van der Waals surface area contributed by atoms with E-state index in [1.165, 1.54) is 24.3 Å². The molecule has 4 rings (SSSR count). The Kier molecular flexibility index (Phi) is 4.12. The van der Waals surface area contributed by atoms with Crippen LogP contribution in [0.3, 0.4) is 0 Å². The van der Waals surface area contributed by atoms with Crippen molar-refractivity contribution < 1.29 is 18.4 Å². The summed E-state index contributed by atoms with van der Waals surface area (Å²) in [5.74, 6) is -0.765. The molecule has 0 bridgehead atoms. The number of anilines is 2. The third-order valence-corrected chi connectivity index (χ3v) is 4.07. The maximum Gasteiger partial charge on any atom is 0.228 e. The van der Waals surface area contributed by atoms with Crippen LogP contribution in [-0.2, 0) is 22.4 Å². The first-order valence-electron chi connectivity index (χ1n) is 6.78. The summed E-state index contributed by atoms with van der Waals surface area (Å²) >= 11 is 3.17. The molecule has 0 atom stereocenters. The lowest BCUT2D eigenvalue weighted by molar-refractivity contribution is -0.115. The van der Waals surface area contributed by atoms with Gasteiger partial charge in [0.2, 0.25) is 11.8 Å². The zero-order valence-electron chi connectivity index (χ0n) is 11.8. The molecule has 118 valence electrons. The predicted octanol–water partition coefficient (Wildman–Crippen LogP) is 3.40. The molecule has 2 aliphatic rings. The van der Waals surface area contributed by atoms with Gasteiger partial charge in [-0.2, -0.15) is 0 Å². The number of carbonyl (C=O) groups is 2. The number of halogens is 3. The molecule has 0 saturated carbocycles. The lowest BCUT2D eigenvalue weighted by Crippen LogP contribution is -2.03. The third-order valence-electron chi connectivity index (χ3n) is 3.44. The summed E-state index contributed by atoms with van der Waals surface area (Å²) in [5, 5.41) is 5.26. The fourth-order valence-corrected chi connectivity index (χ4v) is 3.03. The highest BCUT2D eigenvalue weighted by Crippen LogP contribution is 2.32. The van der Waals surface area contributed by atoms with E-state index in [2.05, 4.69) is 26.6 Å². The van der Waals surface area contributed by atoms with Crippen molar-refractivity contribution in [2.75, 3.05) is 10.6 Å². The molecule has 2 amide bonds. The zero-order valence-corrected chi connectivity index (χ0v) is 13.3. The number of nitrogens with one attached hydrogen (secondary N) is 2. The maximum atomic E-state index is 12.8. The van der Waals surface area contributed by atoms with Crippen LogP contribution in [0.25, 0.3) is 0 Å². The van der Waals surface area contributed by atoms with Gasteiger partial charge in [-0.3, -0.25) is 9.59 Å². The van der Waals surface area contributed by atoms with Gasteiger partial charge in [-0.15, -0.1) is 0 Å².